The Morgan fingerprint density at radius 3 is 2.64 bits per heavy atom. The zero-order valence-corrected chi connectivity index (χ0v) is 20.2. The summed E-state index contributed by atoms with van der Waals surface area (Å²) in [4.78, 5) is 30.0. The van der Waals surface area contributed by atoms with Gasteiger partial charge in [-0.05, 0) is 49.7 Å². The molecule has 3 aromatic rings. The van der Waals surface area contributed by atoms with Gasteiger partial charge in [0, 0.05) is 19.2 Å². The average molecular weight is 471 g/mol. The Morgan fingerprint density at radius 1 is 1.03 bits per heavy atom. The van der Waals surface area contributed by atoms with E-state index in [1.54, 1.807) is 44.4 Å². The standard InChI is InChI=1S/C25H30N2O5S/c1-4-6-7-14-32-20-10-8-9-18(16-20)23(28)26-25-27(13-15-30-3)21-12-11-19(17-22(21)33-25)24(29)31-5-2/h8-12,16-17H,4-7,13-15H2,1-3H3. The molecule has 0 N–H and O–H groups in total. The number of benzene rings is 2. The minimum Gasteiger partial charge on any atom is -0.494 e. The van der Waals surface area contributed by atoms with E-state index in [2.05, 4.69) is 11.9 Å². The normalized spacial score (nSPS) is 11.7. The molecule has 1 heterocycles. The summed E-state index contributed by atoms with van der Waals surface area (Å²) in [5.74, 6) is -0.0614. The van der Waals surface area contributed by atoms with Gasteiger partial charge in [0.15, 0.2) is 4.80 Å². The largest absolute Gasteiger partial charge is 0.494 e. The number of unbranched alkanes of at least 4 members (excludes halogenated alkanes) is 2. The fraction of sp³-hybridized carbons (Fsp3) is 0.400. The molecule has 0 atom stereocenters. The molecule has 0 saturated heterocycles. The minimum absolute atomic E-state index is 0.311. The molecule has 2 aromatic carbocycles. The Balaban J connectivity index is 1.93. The number of fused-ring (bicyclic) bond motifs is 1. The van der Waals surface area contributed by atoms with E-state index in [0.717, 1.165) is 29.5 Å². The van der Waals surface area contributed by atoms with E-state index in [-0.39, 0.29) is 11.9 Å². The van der Waals surface area contributed by atoms with Gasteiger partial charge in [-0.15, -0.1) is 0 Å². The van der Waals surface area contributed by atoms with Crippen molar-refractivity contribution in [3.8, 4) is 5.75 Å². The number of aromatic nitrogens is 1. The molecule has 176 valence electrons. The molecule has 1 aromatic heterocycles. The summed E-state index contributed by atoms with van der Waals surface area (Å²) < 4.78 is 18.9. The zero-order chi connectivity index (χ0) is 23.6. The van der Waals surface area contributed by atoms with Crippen LogP contribution in [0.1, 0.15) is 53.8 Å². The van der Waals surface area contributed by atoms with Gasteiger partial charge in [0.05, 0.1) is 35.6 Å². The summed E-state index contributed by atoms with van der Waals surface area (Å²) >= 11 is 1.35. The molecular formula is C25H30N2O5S. The molecule has 33 heavy (non-hydrogen) atoms. The molecule has 8 heteroatoms. The van der Waals surface area contributed by atoms with Gasteiger partial charge < -0.3 is 18.8 Å². The van der Waals surface area contributed by atoms with Crippen LogP contribution in [0.3, 0.4) is 0 Å². The molecule has 3 rings (SSSR count). The molecule has 0 aliphatic heterocycles. The maximum absolute atomic E-state index is 13.0. The number of ether oxygens (including phenoxy) is 3. The van der Waals surface area contributed by atoms with Crippen LogP contribution in [0.4, 0.5) is 0 Å². The Labute approximate surface area is 197 Å². The van der Waals surface area contributed by atoms with Gasteiger partial charge in [-0.2, -0.15) is 4.99 Å². The van der Waals surface area contributed by atoms with Crippen molar-refractivity contribution >= 4 is 33.4 Å². The predicted molar refractivity (Wildman–Crippen MR) is 129 cm³/mol. The van der Waals surface area contributed by atoms with Crippen LogP contribution in [0, 0.1) is 0 Å². The van der Waals surface area contributed by atoms with Gasteiger partial charge in [-0.3, -0.25) is 4.79 Å². The third-order valence-electron chi connectivity index (χ3n) is 5.01. The van der Waals surface area contributed by atoms with E-state index in [4.69, 9.17) is 14.2 Å². The number of esters is 1. The van der Waals surface area contributed by atoms with Gasteiger partial charge >= 0.3 is 5.97 Å². The molecule has 0 spiro atoms. The highest BCUT2D eigenvalue weighted by molar-refractivity contribution is 7.16. The van der Waals surface area contributed by atoms with Gasteiger partial charge in [0.2, 0.25) is 0 Å². The Bertz CT molecular complexity index is 1170. The van der Waals surface area contributed by atoms with E-state index in [1.807, 2.05) is 16.7 Å². The summed E-state index contributed by atoms with van der Waals surface area (Å²) in [7, 11) is 1.63. The minimum atomic E-state index is -0.374. The van der Waals surface area contributed by atoms with E-state index < -0.39 is 0 Å². The lowest BCUT2D eigenvalue weighted by atomic mass is 10.2. The van der Waals surface area contributed by atoms with Crippen molar-refractivity contribution in [2.45, 2.75) is 39.7 Å². The fourth-order valence-electron chi connectivity index (χ4n) is 3.31. The SMILES string of the molecule is CCCCCOc1cccc(C(=O)N=c2sc3cc(C(=O)OCC)ccc3n2CCOC)c1. The van der Waals surface area contributed by atoms with Crippen LogP contribution in [-0.2, 0) is 16.0 Å². The number of amides is 1. The summed E-state index contributed by atoms with van der Waals surface area (Å²) in [6.45, 7) is 5.85. The lowest BCUT2D eigenvalue weighted by Gasteiger charge is -2.07. The first-order chi connectivity index (χ1) is 16.1. The van der Waals surface area contributed by atoms with Gasteiger partial charge in [0.25, 0.3) is 5.91 Å². The number of hydrogen-bond donors (Lipinski definition) is 0. The van der Waals surface area contributed by atoms with Crippen molar-refractivity contribution in [2.75, 3.05) is 26.9 Å². The van der Waals surface area contributed by atoms with Crippen LogP contribution in [0.15, 0.2) is 47.5 Å². The number of rotatable bonds is 11. The summed E-state index contributed by atoms with van der Waals surface area (Å²) in [5.41, 5.74) is 1.81. The first kappa shape index (κ1) is 24.7. The molecular weight excluding hydrogens is 440 g/mol. The van der Waals surface area contributed by atoms with Crippen LogP contribution in [-0.4, -0.2) is 43.4 Å². The first-order valence-electron chi connectivity index (χ1n) is 11.2. The van der Waals surface area contributed by atoms with Gasteiger partial charge in [0.1, 0.15) is 5.75 Å². The summed E-state index contributed by atoms with van der Waals surface area (Å²) in [6, 6.07) is 12.4. The van der Waals surface area contributed by atoms with Gasteiger partial charge in [-0.25, -0.2) is 4.79 Å². The molecule has 0 fully saturated rings. The quantitative estimate of drug-likeness (QED) is 0.296. The predicted octanol–water partition coefficient (Wildman–Crippen LogP) is 4.84. The molecule has 0 aliphatic carbocycles. The number of nitrogens with zero attached hydrogens (tertiary/aromatic N) is 2. The number of methoxy groups -OCH3 is 1. The molecule has 0 unspecified atom stereocenters. The topological polar surface area (TPSA) is 79.1 Å². The number of hydrogen-bond acceptors (Lipinski definition) is 6. The van der Waals surface area contributed by atoms with Crippen LogP contribution >= 0.6 is 11.3 Å². The van der Waals surface area contributed by atoms with Crippen LogP contribution in [0.5, 0.6) is 5.75 Å². The van der Waals surface area contributed by atoms with Crippen molar-refractivity contribution in [2.24, 2.45) is 4.99 Å². The third kappa shape index (κ3) is 6.52. The van der Waals surface area contributed by atoms with Gasteiger partial charge in [-0.1, -0.05) is 37.2 Å². The van der Waals surface area contributed by atoms with Crippen molar-refractivity contribution in [3.63, 3.8) is 0 Å². The maximum Gasteiger partial charge on any atom is 0.338 e. The summed E-state index contributed by atoms with van der Waals surface area (Å²) in [5, 5.41) is 0. The lowest BCUT2D eigenvalue weighted by molar-refractivity contribution is 0.0526. The highest BCUT2D eigenvalue weighted by Crippen LogP contribution is 2.21. The number of thiazole rings is 1. The molecule has 1 amide bonds. The van der Waals surface area contributed by atoms with E-state index in [0.29, 0.717) is 48.0 Å². The molecule has 0 bridgehead atoms. The van der Waals surface area contributed by atoms with E-state index in [9.17, 15) is 9.59 Å². The zero-order valence-electron chi connectivity index (χ0n) is 19.3. The first-order valence-corrected chi connectivity index (χ1v) is 12.0. The smallest absolute Gasteiger partial charge is 0.338 e. The maximum atomic E-state index is 13.0. The summed E-state index contributed by atoms with van der Waals surface area (Å²) in [6.07, 6.45) is 3.22. The monoisotopic (exact) mass is 470 g/mol. The Morgan fingerprint density at radius 2 is 1.88 bits per heavy atom. The van der Waals surface area contributed by atoms with E-state index >= 15 is 0 Å². The molecule has 0 saturated carbocycles. The number of carbonyl (C=O) groups is 2. The highest BCUT2D eigenvalue weighted by Gasteiger charge is 2.13. The van der Waals surface area contributed by atoms with Crippen LogP contribution in [0.25, 0.3) is 10.2 Å². The average Bonchev–Trinajstić information content (AvgIpc) is 3.16. The van der Waals surface area contributed by atoms with Crippen molar-refractivity contribution in [1.82, 2.24) is 4.57 Å². The molecule has 0 radical (unpaired) electrons. The molecule has 7 nitrogen and oxygen atoms in total. The van der Waals surface area contributed by atoms with Crippen LogP contribution in [0.2, 0.25) is 0 Å². The van der Waals surface area contributed by atoms with E-state index in [1.165, 1.54) is 11.3 Å². The van der Waals surface area contributed by atoms with Crippen molar-refractivity contribution in [1.29, 1.82) is 0 Å². The van der Waals surface area contributed by atoms with Crippen LogP contribution < -0.4 is 9.54 Å². The second-order valence-corrected chi connectivity index (χ2v) is 8.44. The Kier molecular flexibility index (Phi) is 9.21. The Hall–Kier alpha value is -2.97. The fourth-order valence-corrected chi connectivity index (χ4v) is 4.40. The van der Waals surface area contributed by atoms with Crippen molar-refractivity contribution in [3.05, 3.63) is 58.4 Å². The van der Waals surface area contributed by atoms with Crippen molar-refractivity contribution < 1.29 is 23.8 Å². The highest BCUT2D eigenvalue weighted by atomic mass is 32.1. The number of carbonyl (C=O) groups excluding carboxylic acids is 2. The third-order valence-corrected chi connectivity index (χ3v) is 6.05. The molecule has 0 aliphatic rings. The lowest BCUT2D eigenvalue weighted by Crippen LogP contribution is -2.19. The second kappa shape index (κ2) is 12.3. The second-order valence-electron chi connectivity index (χ2n) is 7.43.